The second-order valence-electron chi connectivity index (χ2n) is 6.57. The molecule has 0 spiro atoms. The molecule has 0 aliphatic carbocycles. The highest BCUT2D eigenvalue weighted by molar-refractivity contribution is 5.89. The van der Waals surface area contributed by atoms with E-state index in [0.29, 0.717) is 19.5 Å². The Kier molecular flexibility index (Phi) is 6.18. The summed E-state index contributed by atoms with van der Waals surface area (Å²) >= 11 is 0. The fourth-order valence-electron chi connectivity index (χ4n) is 2.05. The van der Waals surface area contributed by atoms with Crippen LogP contribution >= 0.6 is 0 Å². The van der Waals surface area contributed by atoms with Crippen molar-refractivity contribution in [2.75, 3.05) is 19.6 Å². The van der Waals surface area contributed by atoms with Crippen LogP contribution in [-0.4, -0.2) is 48.3 Å². The van der Waals surface area contributed by atoms with Crippen LogP contribution in [0.2, 0.25) is 0 Å². The second-order valence-corrected chi connectivity index (χ2v) is 6.57. The average molecular weight is 297 g/mol. The first-order chi connectivity index (χ1) is 9.71. The van der Waals surface area contributed by atoms with Crippen LogP contribution in [0.25, 0.3) is 0 Å². The molecule has 0 radical (unpaired) electrons. The first-order valence-corrected chi connectivity index (χ1v) is 7.58. The molecule has 1 rings (SSSR count). The van der Waals surface area contributed by atoms with Crippen molar-refractivity contribution in [2.45, 2.75) is 53.0 Å². The maximum Gasteiger partial charge on any atom is 0.242 e. The van der Waals surface area contributed by atoms with Gasteiger partial charge in [-0.2, -0.15) is 0 Å². The van der Waals surface area contributed by atoms with Gasteiger partial charge in [0.05, 0.1) is 0 Å². The summed E-state index contributed by atoms with van der Waals surface area (Å²) in [5, 5.41) is 5.48. The molecule has 21 heavy (non-hydrogen) atoms. The zero-order chi connectivity index (χ0) is 16.0. The molecule has 0 aromatic heterocycles. The Morgan fingerprint density at radius 1 is 1.33 bits per heavy atom. The fraction of sp³-hybridized carbons (Fsp3) is 0.800. The van der Waals surface area contributed by atoms with Gasteiger partial charge in [0, 0.05) is 31.5 Å². The molecule has 3 amide bonds. The van der Waals surface area contributed by atoms with Crippen LogP contribution in [0.4, 0.5) is 0 Å². The summed E-state index contributed by atoms with van der Waals surface area (Å²) in [6, 6.07) is -0.551. The minimum atomic E-state index is -0.551. The molecule has 0 aromatic rings. The molecule has 1 fully saturated rings. The molecule has 1 unspecified atom stereocenters. The standard InChI is InChI=1S/C15H27N3O3/c1-11(17-14(21)15(2,3)4)13(20)16-8-6-10-18-9-5-7-12(18)19/h11H,5-10H2,1-4H3,(H,16,20)(H,17,21). The van der Waals surface area contributed by atoms with Gasteiger partial charge >= 0.3 is 0 Å². The van der Waals surface area contributed by atoms with Crippen molar-refractivity contribution in [1.29, 1.82) is 0 Å². The van der Waals surface area contributed by atoms with Gasteiger partial charge in [-0.1, -0.05) is 20.8 Å². The van der Waals surface area contributed by atoms with Crippen molar-refractivity contribution in [2.24, 2.45) is 5.41 Å². The van der Waals surface area contributed by atoms with E-state index in [0.717, 1.165) is 19.4 Å². The second kappa shape index (κ2) is 7.43. The van der Waals surface area contributed by atoms with Gasteiger partial charge in [0.15, 0.2) is 0 Å². The normalized spacial score (nSPS) is 16.8. The number of nitrogens with zero attached hydrogens (tertiary/aromatic N) is 1. The number of nitrogens with one attached hydrogen (secondary N) is 2. The molecule has 0 bridgehead atoms. The van der Waals surface area contributed by atoms with E-state index in [1.54, 1.807) is 27.7 Å². The van der Waals surface area contributed by atoms with Crippen molar-refractivity contribution in [3.8, 4) is 0 Å². The highest BCUT2D eigenvalue weighted by Crippen LogP contribution is 2.12. The fourth-order valence-corrected chi connectivity index (χ4v) is 2.05. The summed E-state index contributed by atoms with van der Waals surface area (Å²) < 4.78 is 0. The Morgan fingerprint density at radius 2 is 2.00 bits per heavy atom. The lowest BCUT2D eigenvalue weighted by atomic mass is 9.95. The number of amides is 3. The number of carbonyl (C=O) groups excluding carboxylic acids is 3. The summed E-state index contributed by atoms with van der Waals surface area (Å²) in [7, 11) is 0. The third kappa shape index (κ3) is 5.73. The summed E-state index contributed by atoms with van der Waals surface area (Å²) in [4.78, 5) is 36.9. The minimum Gasteiger partial charge on any atom is -0.354 e. The Balaban J connectivity index is 2.21. The van der Waals surface area contributed by atoms with E-state index in [1.807, 2.05) is 4.90 Å². The molecule has 1 atom stereocenters. The van der Waals surface area contributed by atoms with Crippen LogP contribution in [0.3, 0.4) is 0 Å². The summed E-state index contributed by atoms with van der Waals surface area (Å²) in [5.74, 6) is -0.139. The molecule has 2 N–H and O–H groups in total. The highest BCUT2D eigenvalue weighted by atomic mass is 16.2. The van der Waals surface area contributed by atoms with E-state index in [2.05, 4.69) is 10.6 Å². The van der Waals surface area contributed by atoms with Gasteiger partial charge in [-0.05, 0) is 19.8 Å². The lowest BCUT2D eigenvalue weighted by molar-refractivity contribution is -0.133. The maximum absolute atomic E-state index is 11.9. The number of rotatable bonds is 6. The van der Waals surface area contributed by atoms with Gasteiger partial charge in [0.2, 0.25) is 17.7 Å². The van der Waals surface area contributed by atoms with Gasteiger partial charge < -0.3 is 15.5 Å². The quantitative estimate of drug-likeness (QED) is 0.707. The summed E-state index contributed by atoms with van der Waals surface area (Å²) in [6.07, 6.45) is 2.31. The molecule has 1 saturated heterocycles. The lowest BCUT2D eigenvalue weighted by Crippen LogP contribution is -2.48. The molecule has 0 saturated carbocycles. The number of hydrogen-bond acceptors (Lipinski definition) is 3. The third-order valence-corrected chi connectivity index (χ3v) is 3.50. The molecule has 1 aliphatic rings. The highest BCUT2D eigenvalue weighted by Gasteiger charge is 2.25. The van der Waals surface area contributed by atoms with Crippen molar-refractivity contribution in [1.82, 2.24) is 15.5 Å². The van der Waals surface area contributed by atoms with Crippen LogP contribution in [0.5, 0.6) is 0 Å². The predicted molar refractivity (Wildman–Crippen MR) is 80.5 cm³/mol. The molecule has 1 heterocycles. The number of likely N-dealkylation sites (tertiary alicyclic amines) is 1. The molecular weight excluding hydrogens is 270 g/mol. The van der Waals surface area contributed by atoms with Crippen LogP contribution in [0.15, 0.2) is 0 Å². The van der Waals surface area contributed by atoms with Gasteiger partial charge in [-0.3, -0.25) is 14.4 Å². The molecule has 6 nitrogen and oxygen atoms in total. The Labute approximate surface area is 126 Å². The molecular formula is C15H27N3O3. The minimum absolute atomic E-state index is 0.146. The summed E-state index contributed by atoms with van der Waals surface area (Å²) in [5.41, 5.74) is -0.509. The van der Waals surface area contributed by atoms with Crippen molar-refractivity contribution in [3.05, 3.63) is 0 Å². The van der Waals surface area contributed by atoms with Crippen LogP contribution in [0.1, 0.15) is 47.0 Å². The molecule has 6 heteroatoms. The van der Waals surface area contributed by atoms with Crippen LogP contribution < -0.4 is 10.6 Å². The van der Waals surface area contributed by atoms with E-state index in [4.69, 9.17) is 0 Å². The smallest absolute Gasteiger partial charge is 0.242 e. The zero-order valence-electron chi connectivity index (χ0n) is 13.5. The first kappa shape index (κ1) is 17.5. The van der Waals surface area contributed by atoms with E-state index in [9.17, 15) is 14.4 Å². The van der Waals surface area contributed by atoms with Crippen LogP contribution in [-0.2, 0) is 14.4 Å². The number of hydrogen-bond donors (Lipinski definition) is 2. The van der Waals surface area contributed by atoms with Gasteiger partial charge in [-0.15, -0.1) is 0 Å². The van der Waals surface area contributed by atoms with E-state index in [-0.39, 0.29) is 17.7 Å². The molecule has 120 valence electrons. The topological polar surface area (TPSA) is 78.5 Å². The van der Waals surface area contributed by atoms with Gasteiger partial charge in [0.1, 0.15) is 6.04 Å². The Morgan fingerprint density at radius 3 is 2.52 bits per heavy atom. The van der Waals surface area contributed by atoms with E-state index in [1.165, 1.54) is 0 Å². The molecule has 1 aliphatic heterocycles. The van der Waals surface area contributed by atoms with Gasteiger partial charge in [-0.25, -0.2) is 0 Å². The van der Waals surface area contributed by atoms with E-state index < -0.39 is 11.5 Å². The van der Waals surface area contributed by atoms with Crippen LogP contribution in [0, 0.1) is 5.41 Å². The lowest BCUT2D eigenvalue weighted by Gasteiger charge is -2.21. The SMILES string of the molecule is CC(NC(=O)C(C)(C)C)C(=O)NCCCN1CCCC1=O. The van der Waals surface area contributed by atoms with E-state index >= 15 is 0 Å². The van der Waals surface area contributed by atoms with Gasteiger partial charge in [0.25, 0.3) is 0 Å². The van der Waals surface area contributed by atoms with Crippen molar-refractivity contribution < 1.29 is 14.4 Å². The Bertz CT molecular complexity index is 401. The maximum atomic E-state index is 11.9. The largest absolute Gasteiger partial charge is 0.354 e. The first-order valence-electron chi connectivity index (χ1n) is 7.58. The molecule has 0 aromatic carbocycles. The number of carbonyl (C=O) groups is 3. The van der Waals surface area contributed by atoms with Crippen molar-refractivity contribution in [3.63, 3.8) is 0 Å². The summed E-state index contributed by atoms with van der Waals surface area (Å²) in [6.45, 7) is 9.11. The predicted octanol–water partition coefficient (Wildman–Crippen LogP) is 0.666. The third-order valence-electron chi connectivity index (χ3n) is 3.50. The van der Waals surface area contributed by atoms with Crippen molar-refractivity contribution >= 4 is 17.7 Å². The average Bonchev–Trinajstić information content (AvgIpc) is 2.78. The Hall–Kier alpha value is -1.59. The monoisotopic (exact) mass is 297 g/mol. The zero-order valence-corrected chi connectivity index (χ0v) is 13.5.